The third kappa shape index (κ3) is 7.11. The third-order valence-corrected chi connectivity index (χ3v) is 4.78. The zero-order valence-corrected chi connectivity index (χ0v) is 20.0. The van der Waals surface area contributed by atoms with Crippen LogP contribution in [-0.4, -0.2) is 35.0 Å². The quantitative estimate of drug-likeness (QED) is 0.510. The maximum atomic E-state index is 13.4. The van der Waals surface area contributed by atoms with Gasteiger partial charge in [-0.25, -0.2) is 4.79 Å². The molecule has 33 heavy (non-hydrogen) atoms. The highest BCUT2D eigenvalue weighted by atomic mass is 16.6. The number of terminal acetylenes is 1. The van der Waals surface area contributed by atoms with Crippen LogP contribution in [0.2, 0.25) is 0 Å². The summed E-state index contributed by atoms with van der Waals surface area (Å²) in [6, 6.07) is 14.1. The van der Waals surface area contributed by atoms with Gasteiger partial charge in [0.05, 0.1) is 0 Å². The second-order valence-corrected chi connectivity index (χ2v) is 8.82. The Labute approximate surface area is 195 Å². The van der Waals surface area contributed by atoms with Crippen molar-refractivity contribution in [1.82, 2.24) is 10.2 Å². The van der Waals surface area contributed by atoms with Crippen molar-refractivity contribution >= 4 is 23.6 Å². The summed E-state index contributed by atoms with van der Waals surface area (Å²) in [5.74, 6) is -1.08. The largest absolute Gasteiger partial charge is 0.444 e. The summed E-state index contributed by atoms with van der Waals surface area (Å²) in [6.07, 6.45) is 4.93. The molecule has 7 nitrogen and oxygen atoms in total. The number of amides is 3. The maximum Gasteiger partial charge on any atom is 0.408 e. The van der Waals surface area contributed by atoms with E-state index in [9.17, 15) is 14.4 Å². The van der Waals surface area contributed by atoms with E-state index in [1.54, 1.807) is 39.0 Å². The summed E-state index contributed by atoms with van der Waals surface area (Å²) in [4.78, 5) is 39.4. The third-order valence-electron chi connectivity index (χ3n) is 4.78. The van der Waals surface area contributed by atoms with Crippen molar-refractivity contribution in [3.63, 3.8) is 0 Å². The fourth-order valence-corrected chi connectivity index (χ4v) is 3.30. The van der Waals surface area contributed by atoms with E-state index < -0.39 is 36.1 Å². The lowest BCUT2D eigenvalue weighted by molar-refractivity contribution is -0.134. The molecule has 0 radical (unpaired) electrons. The molecule has 2 aromatic carbocycles. The summed E-state index contributed by atoms with van der Waals surface area (Å²) >= 11 is 0. The van der Waals surface area contributed by atoms with E-state index in [0.29, 0.717) is 11.3 Å². The van der Waals surface area contributed by atoms with Crippen LogP contribution in [-0.2, 0) is 14.3 Å². The molecule has 0 aliphatic carbocycles. The van der Waals surface area contributed by atoms with Gasteiger partial charge in [-0.15, -0.1) is 0 Å². The molecular weight excluding hydrogens is 418 g/mol. The number of nitrogens with one attached hydrogen (secondary N) is 2. The minimum absolute atomic E-state index is 0.419. The molecule has 2 N–H and O–H groups in total. The summed E-state index contributed by atoms with van der Waals surface area (Å²) in [5, 5.41) is 5.32. The van der Waals surface area contributed by atoms with Crippen molar-refractivity contribution in [3.8, 4) is 12.5 Å². The molecule has 0 aliphatic rings. The lowest BCUT2D eigenvalue weighted by Crippen LogP contribution is -2.44. The standard InChI is InChI=1S/C26H31N3O4/c1-8-29(21(30)16-27-25(32)33-26(5,6)7)23(20-14-9-11-17(2)15-20)24(31)28-22-18(3)12-10-13-19(22)4/h1,9-15,23H,16H2,2-7H3,(H,27,32)(H,28,31). The summed E-state index contributed by atoms with van der Waals surface area (Å²) < 4.78 is 5.16. The number of ether oxygens (including phenoxy) is 1. The number of aryl methyl sites for hydroxylation is 3. The van der Waals surface area contributed by atoms with E-state index in [2.05, 4.69) is 16.7 Å². The number of hydrogen-bond donors (Lipinski definition) is 2. The molecule has 1 atom stereocenters. The highest BCUT2D eigenvalue weighted by Gasteiger charge is 2.32. The van der Waals surface area contributed by atoms with Gasteiger partial charge < -0.3 is 15.4 Å². The van der Waals surface area contributed by atoms with Crippen LogP contribution in [0.3, 0.4) is 0 Å². The average Bonchev–Trinajstić information content (AvgIpc) is 2.71. The minimum Gasteiger partial charge on any atom is -0.444 e. The maximum absolute atomic E-state index is 13.4. The Morgan fingerprint density at radius 2 is 1.67 bits per heavy atom. The van der Waals surface area contributed by atoms with Crippen LogP contribution in [0.4, 0.5) is 10.5 Å². The number of carbonyl (C=O) groups is 3. The van der Waals surface area contributed by atoms with Crippen LogP contribution in [0.15, 0.2) is 42.5 Å². The summed E-state index contributed by atoms with van der Waals surface area (Å²) in [6.45, 7) is 10.4. The first kappa shape index (κ1) is 25.5. The lowest BCUT2D eigenvalue weighted by atomic mass is 10.0. The Morgan fingerprint density at radius 1 is 1.06 bits per heavy atom. The van der Waals surface area contributed by atoms with Crippen LogP contribution in [0.25, 0.3) is 0 Å². The van der Waals surface area contributed by atoms with Crippen molar-refractivity contribution in [1.29, 1.82) is 0 Å². The molecule has 1 unspecified atom stereocenters. The Bertz CT molecular complexity index is 1060. The van der Waals surface area contributed by atoms with Gasteiger partial charge in [-0.3, -0.25) is 14.5 Å². The van der Waals surface area contributed by atoms with E-state index in [0.717, 1.165) is 21.6 Å². The molecule has 2 rings (SSSR count). The van der Waals surface area contributed by atoms with Gasteiger partial charge in [-0.2, -0.15) is 0 Å². The number of rotatable bonds is 6. The topological polar surface area (TPSA) is 87.7 Å². The fourth-order valence-electron chi connectivity index (χ4n) is 3.30. The smallest absolute Gasteiger partial charge is 0.408 e. The van der Waals surface area contributed by atoms with Crippen LogP contribution in [0, 0.1) is 33.2 Å². The molecule has 0 saturated heterocycles. The summed E-state index contributed by atoms with van der Waals surface area (Å²) in [5.41, 5.74) is 3.19. The van der Waals surface area contributed by atoms with Crippen molar-refractivity contribution < 1.29 is 19.1 Å². The van der Waals surface area contributed by atoms with Crippen molar-refractivity contribution in [3.05, 3.63) is 64.7 Å². The molecule has 2 aromatic rings. The predicted octanol–water partition coefficient (Wildman–Crippen LogP) is 4.24. The molecular formula is C26H31N3O4. The highest BCUT2D eigenvalue weighted by molar-refractivity contribution is 5.99. The van der Waals surface area contributed by atoms with Crippen LogP contribution >= 0.6 is 0 Å². The van der Waals surface area contributed by atoms with Gasteiger partial charge in [0, 0.05) is 11.7 Å². The molecule has 0 bridgehead atoms. The van der Waals surface area contributed by atoms with Crippen molar-refractivity contribution in [2.24, 2.45) is 0 Å². The van der Waals surface area contributed by atoms with Gasteiger partial charge in [-0.05, 0) is 58.2 Å². The van der Waals surface area contributed by atoms with Gasteiger partial charge in [0.25, 0.3) is 11.8 Å². The predicted molar refractivity (Wildman–Crippen MR) is 128 cm³/mol. The summed E-state index contributed by atoms with van der Waals surface area (Å²) in [7, 11) is 0. The van der Waals surface area contributed by atoms with E-state index in [-0.39, 0.29) is 0 Å². The van der Waals surface area contributed by atoms with Crippen molar-refractivity contribution in [2.45, 2.75) is 53.2 Å². The number of nitrogens with zero attached hydrogens (tertiary/aromatic N) is 1. The Morgan fingerprint density at radius 3 is 2.21 bits per heavy atom. The first-order chi connectivity index (χ1) is 15.4. The fraction of sp³-hybridized carbons (Fsp3) is 0.346. The van der Waals surface area contributed by atoms with E-state index in [1.807, 2.05) is 45.0 Å². The van der Waals surface area contributed by atoms with Gasteiger partial charge in [0.1, 0.15) is 18.2 Å². The molecule has 0 fully saturated rings. The zero-order valence-electron chi connectivity index (χ0n) is 20.0. The van der Waals surface area contributed by atoms with Crippen LogP contribution in [0.1, 0.15) is 49.1 Å². The van der Waals surface area contributed by atoms with Gasteiger partial charge >= 0.3 is 6.09 Å². The molecule has 0 saturated carbocycles. The Hall–Kier alpha value is -3.79. The highest BCUT2D eigenvalue weighted by Crippen LogP contribution is 2.26. The van der Waals surface area contributed by atoms with E-state index in [1.165, 1.54) is 0 Å². The minimum atomic E-state index is -1.10. The monoisotopic (exact) mass is 449 g/mol. The first-order valence-corrected chi connectivity index (χ1v) is 10.6. The molecule has 174 valence electrons. The number of anilines is 1. The van der Waals surface area contributed by atoms with Gasteiger partial charge in [0.2, 0.25) is 0 Å². The normalized spacial score (nSPS) is 11.7. The first-order valence-electron chi connectivity index (χ1n) is 10.6. The lowest BCUT2D eigenvalue weighted by Gasteiger charge is -2.27. The number of alkyl carbamates (subject to hydrolysis) is 1. The van der Waals surface area contributed by atoms with E-state index in [4.69, 9.17) is 11.2 Å². The molecule has 7 heteroatoms. The van der Waals surface area contributed by atoms with Gasteiger partial charge in [0.15, 0.2) is 0 Å². The molecule has 3 amide bonds. The Balaban J connectivity index is 2.34. The van der Waals surface area contributed by atoms with E-state index >= 15 is 0 Å². The number of para-hydroxylation sites is 1. The van der Waals surface area contributed by atoms with Crippen molar-refractivity contribution in [2.75, 3.05) is 11.9 Å². The molecule has 0 spiro atoms. The second-order valence-electron chi connectivity index (χ2n) is 8.82. The zero-order chi connectivity index (χ0) is 24.8. The van der Waals surface area contributed by atoms with Gasteiger partial charge in [-0.1, -0.05) is 54.5 Å². The van der Waals surface area contributed by atoms with Crippen LogP contribution in [0.5, 0.6) is 0 Å². The number of hydrogen-bond acceptors (Lipinski definition) is 4. The SMILES string of the molecule is C#CN(C(=O)CNC(=O)OC(C)(C)C)C(C(=O)Nc1c(C)cccc1C)c1cccc(C)c1. The molecule has 0 aliphatic heterocycles. The Kier molecular flexibility index (Phi) is 8.25. The van der Waals surface area contributed by atoms with Crippen LogP contribution < -0.4 is 10.6 Å². The average molecular weight is 450 g/mol. The molecule has 0 heterocycles. The number of carbonyl (C=O) groups excluding carboxylic acids is 3. The number of benzene rings is 2. The second kappa shape index (κ2) is 10.7. The molecule has 0 aromatic heterocycles.